The van der Waals surface area contributed by atoms with E-state index in [0.29, 0.717) is 34.6 Å². The van der Waals surface area contributed by atoms with Crippen LogP contribution in [0, 0.1) is 5.92 Å². The van der Waals surface area contributed by atoms with Crippen molar-refractivity contribution in [2.24, 2.45) is 5.92 Å². The number of halogens is 2. The summed E-state index contributed by atoms with van der Waals surface area (Å²) in [6, 6.07) is 6.04. The molecule has 6 heteroatoms. The second-order valence-corrected chi connectivity index (χ2v) is 7.34. The highest BCUT2D eigenvalue weighted by molar-refractivity contribution is 6.34. The normalized spacial score (nSPS) is 29.6. The molecule has 1 heterocycles. The Bertz CT molecular complexity index is 503. The SMILES string of the molecule is OC(CNC1CCCC1C1COCCN1)c1cc(Cl)cc(Cl)c1. The van der Waals surface area contributed by atoms with Crippen LogP contribution in [-0.2, 0) is 4.74 Å². The Balaban J connectivity index is 1.56. The zero-order valence-corrected chi connectivity index (χ0v) is 14.6. The van der Waals surface area contributed by atoms with E-state index < -0.39 is 6.10 Å². The molecule has 23 heavy (non-hydrogen) atoms. The van der Waals surface area contributed by atoms with Crippen molar-refractivity contribution in [3.8, 4) is 0 Å². The van der Waals surface area contributed by atoms with Gasteiger partial charge in [-0.3, -0.25) is 0 Å². The van der Waals surface area contributed by atoms with Crippen LogP contribution in [0.15, 0.2) is 18.2 Å². The number of rotatable bonds is 5. The molecule has 3 N–H and O–H groups in total. The van der Waals surface area contributed by atoms with Gasteiger partial charge in [0.05, 0.1) is 19.3 Å². The maximum absolute atomic E-state index is 10.4. The quantitative estimate of drug-likeness (QED) is 0.757. The van der Waals surface area contributed by atoms with Crippen molar-refractivity contribution >= 4 is 23.2 Å². The lowest BCUT2D eigenvalue weighted by atomic mass is 9.93. The topological polar surface area (TPSA) is 53.5 Å². The molecule has 4 unspecified atom stereocenters. The molecule has 1 aromatic rings. The molecule has 1 aliphatic carbocycles. The number of hydrogen-bond donors (Lipinski definition) is 3. The van der Waals surface area contributed by atoms with Gasteiger partial charge in [-0.1, -0.05) is 29.6 Å². The Hall–Kier alpha value is -0.360. The molecule has 2 aliphatic rings. The minimum atomic E-state index is -0.608. The fourth-order valence-electron chi connectivity index (χ4n) is 3.73. The van der Waals surface area contributed by atoms with Gasteiger partial charge in [0, 0.05) is 35.2 Å². The van der Waals surface area contributed by atoms with Crippen LogP contribution >= 0.6 is 23.2 Å². The Morgan fingerprint density at radius 1 is 1.26 bits per heavy atom. The van der Waals surface area contributed by atoms with Gasteiger partial charge in [-0.05, 0) is 42.5 Å². The van der Waals surface area contributed by atoms with E-state index in [1.807, 2.05) is 0 Å². The number of morpholine rings is 1. The molecule has 2 fully saturated rings. The zero-order valence-electron chi connectivity index (χ0n) is 13.1. The lowest BCUT2D eigenvalue weighted by Crippen LogP contribution is -2.51. The second-order valence-electron chi connectivity index (χ2n) is 6.46. The van der Waals surface area contributed by atoms with Crippen LogP contribution in [-0.4, -0.2) is 43.5 Å². The number of benzene rings is 1. The first-order valence-corrected chi connectivity index (χ1v) is 9.07. The van der Waals surface area contributed by atoms with E-state index in [0.717, 1.165) is 31.7 Å². The summed E-state index contributed by atoms with van der Waals surface area (Å²) in [5.74, 6) is 0.561. The first-order valence-electron chi connectivity index (χ1n) is 8.32. The maximum atomic E-state index is 10.4. The zero-order chi connectivity index (χ0) is 16.2. The van der Waals surface area contributed by atoms with E-state index in [4.69, 9.17) is 27.9 Å². The molecule has 4 nitrogen and oxygen atoms in total. The van der Waals surface area contributed by atoms with Crippen LogP contribution in [0.5, 0.6) is 0 Å². The third-order valence-electron chi connectivity index (χ3n) is 4.88. The van der Waals surface area contributed by atoms with E-state index in [1.165, 1.54) is 12.8 Å². The number of aliphatic hydroxyl groups is 1. The van der Waals surface area contributed by atoms with E-state index >= 15 is 0 Å². The summed E-state index contributed by atoms with van der Waals surface area (Å²) in [6.45, 7) is 3.02. The summed E-state index contributed by atoms with van der Waals surface area (Å²) in [4.78, 5) is 0. The summed E-state index contributed by atoms with van der Waals surface area (Å²) in [6.07, 6.45) is 2.96. The van der Waals surface area contributed by atoms with Gasteiger partial charge in [0.25, 0.3) is 0 Å². The highest BCUT2D eigenvalue weighted by Crippen LogP contribution is 2.30. The van der Waals surface area contributed by atoms with Crippen molar-refractivity contribution in [1.29, 1.82) is 0 Å². The van der Waals surface area contributed by atoms with Crippen LogP contribution in [0.25, 0.3) is 0 Å². The summed E-state index contributed by atoms with van der Waals surface area (Å²) >= 11 is 12.0. The Morgan fingerprint density at radius 3 is 2.74 bits per heavy atom. The summed E-state index contributed by atoms with van der Waals surface area (Å²) in [5, 5.41) is 18.6. The molecule has 0 spiro atoms. The highest BCUT2D eigenvalue weighted by atomic mass is 35.5. The first-order chi connectivity index (χ1) is 11.1. The molecular formula is C17H24Cl2N2O2. The molecule has 1 aliphatic heterocycles. The minimum Gasteiger partial charge on any atom is -0.387 e. The lowest BCUT2D eigenvalue weighted by Gasteiger charge is -2.33. The van der Waals surface area contributed by atoms with Gasteiger partial charge in [0.1, 0.15) is 0 Å². The molecule has 1 saturated heterocycles. The summed E-state index contributed by atoms with van der Waals surface area (Å²) in [7, 11) is 0. The third-order valence-corrected chi connectivity index (χ3v) is 5.32. The van der Waals surface area contributed by atoms with Crippen molar-refractivity contribution in [2.75, 3.05) is 26.3 Å². The van der Waals surface area contributed by atoms with Crippen molar-refractivity contribution in [3.05, 3.63) is 33.8 Å². The van der Waals surface area contributed by atoms with Crippen LogP contribution < -0.4 is 10.6 Å². The molecule has 1 saturated carbocycles. The number of aliphatic hydroxyl groups excluding tert-OH is 1. The van der Waals surface area contributed by atoms with Crippen molar-refractivity contribution in [1.82, 2.24) is 10.6 Å². The standard InChI is InChI=1S/C17H24Cl2N2O2/c18-12-6-11(7-13(19)8-12)17(22)9-21-15-3-1-2-14(15)16-10-23-5-4-20-16/h6-8,14-17,20-22H,1-5,9-10H2. The molecule has 128 valence electrons. The molecule has 0 aromatic heterocycles. The predicted octanol–water partition coefficient (Wildman–Crippen LogP) is 2.77. The van der Waals surface area contributed by atoms with E-state index in [-0.39, 0.29) is 0 Å². The van der Waals surface area contributed by atoms with Crippen LogP contribution in [0.3, 0.4) is 0 Å². The Kier molecular flexibility index (Phi) is 6.19. The molecular weight excluding hydrogens is 335 g/mol. The Labute approximate surface area is 147 Å². The average Bonchev–Trinajstić information content (AvgIpc) is 3.01. The highest BCUT2D eigenvalue weighted by Gasteiger charge is 2.34. The number of ether oxygens (including phenoxy) is 1. The fraction of sp³-hybridized carbons (Fsp3) is 0.647. The van der Waals surface area contributed by atoms with Gasteiger partial charge in [-0.2, -0.15) is 0 Å². The maximum Gasteiger partial charge on any atom is 0.0915 e. The largest absolute Gasteiger partial charge is 0.387 e. The number of hydrogen-bond acceptors (Lipinski definition) is 4. The summed E-state index contributed by atoms with van der Waals surface area (Å²) < 4.78 is 5.60. The minimum absolute atomic E-state index is 0.415. The molecule has 0 amide bonds. The van der Waals surface area contributed by atoms with Crippen molar-refractivity contribution in [3.63, 3.8) is 0 Å². The van der Waals surface area contributed by atoms with Gasteiger partial charge in [0.2, 0.25) is 0 Å². The van der Waals surface area contributed by atoms with Gasteiger partial charge < -0.3 is 20.5 Å². The molecule has 4 atom stereocenters. The predicted molar refractivity (Wildman–Crippen MR) is 93.2 cm³/mol. The smallest absolute Gasteiger partial charge is 0.0915 e. The van der Waals surface area contributed by atoms with Crippen LogP contribution in [0.4, 0.5) is 0 Å². The third kappa shape index (κ3) is 4.59. The first kappa shape index (κ1) is 17.5. The molecule has 0 bridgehead atoms. The molecule has 1 aromatic carbocycles. The van der Waals surface area contributed by atoms with Crippen LogP contribution in [0.2, 0.25) is 10.0 Å². The molecule has 3 rings (SSSR count). The summed E-state index contributed by atoms with van der Waals surface area (Å²) in [5.41, 5.74) is 0.753. The van der Waals surface area contributed by atoms with Gasteiger partial charge in [-0.25, -0.2) is 0 Å². The lowest BCUT2D eigenvalue weighted by molar-refractivity contribution is 0.0513. The van der Waals surface area contributed by atoms with Crippen LogP contribution in [0.1, 0.15) is 30.9 Å². The van der Waals surface area contributed by atoms with E-state index in [1.54, 1.807) is 18.2 Å². The monoisotopic (exact) mass is 358 g/mol. The molecule has 0 radical (unpaired) electrons. The van der Waals surface area contributed by atoms with Crippen molar-refractivity contribution in [2.45, 2.75) is 37.5 Å². The Morgan fingerprint density at radius 2 is 2.04 bits per heavy atom. The fourth-order valence-corrected chi connectivity index (χ4v) is 4.28. The van der Waals surface area contributed by atoms with E-state index in [2.05, 4.69) is 10.6 Å². The van der Waals surface area contributed by atoms with Gasteiger partial charge in [-0.15, -0.1) is 0 Å². The average molecular weight is 359 g/mol. The van der Waals surface area contributed by atoms with Crippen molar-refractivity contribution < 1.29 is 9.84 Å². The second kappa shape index (κ2) is 8.15. The van der Waals surface area contributed by atoms with Gasteiger partial charge >= 0.3 is 0 Å². The number of nitrogens with one attached hydrogen (secondary N) is 2. The van der Waals surface area contributed by atoms with Gasteiger partial charge in [0.15, 0.2) is 0 Å². The van der Waals surface area contributed by atoms with E-state index in [9.17, 15) is 5.11 Å².